The highest BCUT2D eigenvalue weighted by Gasteiger charge is 2.20. The van der Waals surface area contributed by atoms with E-state index in [0.717, 1.165) is 25.8 Å². The van der Waals surface area contributed by atoms with E-state index in [4.69, 9.17) is 5.26 Å². The van der Waals surface area contributed by atoms with Crippen LogP contribution < -0.4 is 5.32 Å². The third kappa shape index (κ3) is 4.06. The molecule has 1 amide bonds. The second-order valence-electron chi connectivity index (χ2n) is 5.08. The summed E-state index contributed by atoms with van der Waals surface area (Å²) in [6.45, 7) is 6.88. The van der Waals surface area contributed by atoms with Crippen molar-refractivity contribution in [3.63, 3.8) is 0 Å². The number of nitrogens with zero attached hydrogens (tertiary/aromatic N) is 2. The molecular formula is C14H23N3O. The Labute approximate surface area is 110 Å². The van der Waals surface area contributed by atoms with Gasteiger partial charge in [-0.2, -0.15) is 5.26 Å². The summed E-state index contributed by atoms with van der Waals surface area (Å²) in [6.07, 6.45) is 6.32. The van der Waals surface area contributed by atoms with Crippen molar-refractivity contribution < 1.29 is 4.79 Å². The van der Waals surface area contributed by atoms with E-state index in [9.17, 15) is 4.79 Å². The molecule has 4 nitrogen and oxygen atoms in total. The minimum absolute atomic E-state index is 0.0533. The van der Waals surface area contributed by atoms with Crippen LogP contribution in [0.3, 0.4) is 0 Å². The highest BCUT2D eigenvalue weighted by atomic mass is 16.1. The van der Waals surface area contributed by atoms with E-state index in [0.29, 0.717) is 6.04 Å². The van der Waals surface area contributed by atoms with Gasteiger partial charge in [-0.3, -0.25) is 4.79 Å². The lowest BCUT2D eigenvalue weighted by Crippen LogP contribution is -2.37. The van der Waals surface area contributed by atoms with Crippen molar-refractivity contribution in [3.8, 4) is 6.07 Å². The third-order valence-electron chi connectivity index (χ3n) is 3.22. The zero-order valence-electron chi connectivity index (χ0n) is 11.6. The molecule has 0 saturated carbocycles. The van der Waals surface area contributed by atoms with Gasteiger partial charge in [-0.15, -0.1) is 0 Å². The average Bonchev–Trinajstić information content (AvgIpc) is 2.35. The number of nitrogens with one attached hydrogen (secondary N) is 1. The Kier molecular flexibility index (Phi) is 5.70. The number of nitriles is 1. The molecule has 4 heteroatoms. The largest absolute Gasteiger partial charge is 0.373 e. The summed E-state index contributed by atoms with van der Waals surface area (Å²) in [5.74, 6) is -0.270. The SMILES string of the molecule is CCC1CCCCN1/C=C(/C#N)C(=O)NC(C)C. The molecule has 1 fully saturated rings. The molecule has 1 aliphatic rings. The summed E-state index contributed by atoms with van der Waals surface area (Å²) in [5, 5.41) is 11.9. The topological polar surface area (TPSA) is 56.1 Å². The Balaban J connectivity index is 2.76. The van der Waals surface area contributed by atoms with E-state index in [1.165, 1.54) is 6.42 Å². The lowest BCUT2D eigenvalue weighted by Gasteiger charge is -2.34. The molecule has 0 radical (unpaired) electrons. The first-order valence-electron chi connectivity index (χ1n) is 6.77. The van der Waals surface area contributed by atoms with Crippen molar-refractivity contribution in [1.82, 2.24) is 10.2 Å². The predicted molar refractivity (Wildman–Crippen MR) is 71.6 cm³/mol. The summed E-state index contributed by atoms with van der Waals surface area (Å²) in [5.41, 5.74) is 0.212. The first kappa shape index (κ1) is 14.6. The molecule has 100 valence electrons. The Morgan fingerprint density at radius 1 is 1.56 bits per heavy atom. The van der Waals surface area contributed by atoms with Crippen molar-refractivity contribution >= 4 is 5.91 Å². The molecule has 0 spiro atoms. The third-order valence-corrected chi connectivity index (χ3v) is 3.22. The average molecular weight is 249 g/mol. The van der Waals surface area contributed by atoms with Crippen LogP contribution in [0, 0.1) is 11.3 Å². The molecule has 0 aromatic rings. The molecule has 1 heterocycles. The van der Waals surface area contributed by atoms with Crippen LogP contribution >= 0.6 is 0 Å². The van der Waals surface area contributed by atoms with Crippen LogP contribution in [0.15, 0.2) is 11.8 Å². The molecule has 1 rings (SSSR count). The second-order valence-corrected chi connectivity index (χ2v) is 5.08. The summed E-state index contributed by atoms with van der Waals surface area (Å²) >= 11 is 0. The standard InChI is InChI=1S/C14H23N3O/c1-4-13-7-5-6-8-17(13)10-12(9-15)14(18)16-11(2)3/h10-11,13H,4-8H2,1-3H3,(H,16,18)/b12-10-. The van der Waals surface area contributed by atoms with E-state index in [1.54, 1.807) is 6.20 Å². The van der Waals surface area contributed by atoms with Gasteiger partial charge in [0.1, 0.15) is 11.6 Å². The predicted octanol–water partition coefficient (Wildman–Crippen LogP) is 2.18. The van der Waals surface area contributed by atoms with Gasteiger partial charge in [0.25, 0.3) is 5.91 Å². The molecule has 1 atom stereocenters. The zero-order valence-corrected chi connectivity index (χ0v) is 11.6. The van der Waals surface area contributed by atoms with Crippen LogP contribution in [-0.2, 0) is 4.79 Å². The maximum absolute atomic E-state index is 11.8. The van der Waals surface area contributed by atoms with Gasteiger partial charge in [0.2, 0.25) is 0 Å². The first-order chi connectivity index (χ1) is 8.58. The molecule has 1 aliphatic heterocycles. The number of carbonyl (C=O) groups is 1. The van der Waals surface area contributed by atoms with E-state index in [1.807, 2.05) is 19.9 Å². The molecule has 1 saturated heterocycles. The van der Waals surface area contributed by atoms with Crippen LogP contribution in [0.1, 0.15) is 46.5 Å². The van der Waals surface area contributed by atoms with Crippen LogP contribution in [0.5, 0.6) is 0 Å². The number of likely N-dealkylation sites (tertiary alicyclic amines) is 1. The van der Waals surface area contributed by atoms with Gasteiger partial charge in [0.15, 0.2) is 0 Å². The molecule has 0 bridgehead atoms. The zero-order chi connectivity index (χ0) is 13.5. The van der Waals surface area contributed by atoms with Gasteiger partial charge in [-0.05, 0) is 39.5 Å². The number of rotatable bonds is 4. The molecule has 0 aromatic heterocycles. The number of hydrogen-bond donors (Lipinski definition) is 1. The van der Waals surface area contributed by atoms with Crippen molar-refractivity contribution in [2.45, 2.75) is 58.5 Å². The minimum atomic E-state index is -0.270. The number of amides is 1. The van der Waals surface area contributed by atoms with Gasteiger partial charge in [-0.1, -0.05) is 6.92 Å². The molecule has 0 aliphatic carbocycles. The fourth-order valence-electron chi connectivity index (χ4n) is 2.28. The molecular weight excluding hydrogens is 226 g/mol. The summed E-state index contributed by atoms with van der Waals surface area (Å²) in [4.78, 5) is 14.0. The Morgan fingerprint density at radius 2 is 2.28 bits per heavy atom. The van der Waals surface area contributed by atoms with Gasteiger partial charge in [-0.25, -0.2) is 0 Å². The number of carbonyl (C=O) groups excluding carboxylic acids is 1. The molecule has 1 N–H and O–H groups in total. The van der Waals surface area contributed by atoms with Crippen LogP contribution in [0.2, 0.25) is 0 Å². The molecule has 1 unspecified atom stereocenters. The quantitative estimate of drug-likeness (QED) is 0.613. The van der Waals surface area contributed by atoms with E-state index >= 15 is 0 Å². The van der Waals surface area contributed by atoms with Gasteiger partial charge in [0, 0.05) is 24.8 Å². The summed E-state index contributed by atoms with van der Waals surface area (Å²) in [6, 6.07) is 2.53. The van der Waals surface area contributed by atoms with Gasteiger partial charge < -0.3 is 10.2 Å². The number of hydrogen-bond acceptors (Lipinski definition) is 3. The van der Waals surface area contributed by atoms with E-state index in [2.05, 4.69) is 17.1 Å². The first-order valence-corrected chi connectivity index (χ1v) is 6.77. The van der Waals surface area contributed by atoms with E-state index < -0.39 is 0 Å². The van der Waals surface area contributed by atoms with E-state index in [-0.39, 0.29) is 17.5 Å². The Hall–Kier alpha value is -1.50. The Bertz CT molecular complexity index is 355. The maximum atomic E-state index is 11.8. The van der Waals surface area contributed by atoms with Crippen molar-refractivity contribution in [2.75, 3.05) is 6.54 Å². The number of piperidine rings is 1. The lowest BCUT2D eigenvalue weighted by molar-refractivity contribution is -0.117. The highest BCUT2D eigenvalue weighted by Crippen LogP contribution is 2.20. The van der Waals surface area contributed by atoms with Crippen molar-refractivity contribution in [1.29, 1.82) is 5.26 Å². The fraction of sp³-hybridized carbons (Fsp3) is 0.714. The van der Waals surface area contributed by atoms with Crippen LogP contribution in [0.25, 0.3) is 0 Å². The smallest absolute Gasteiger partial charge is 0.263 e. The molecule has 18 heavy (non-hydrogen) atoms. The normalized spacial score (nSPS) is 20.7. The van der Waals surface area contributed by atoms with Gasteiger partial charge >= 0.3 is 0 Å². The molecule has 0 aromatic carbocycles. The monoisotopic (exact) mass is 249 g/mol. The van der Waals surface area contributed by atoms with Crippen LogP contribution in [0.4, 0.5) is 0 Å². The van der Waals surface area contributed by atoms with Crippen molar-refractivity contribution in [3.05, 3.63) is 11.8 Å². The fourth-order valence-corrected chi connectivity index (χ4v) is 2.28. The van der Waals surface area contributed by atoms with Crippen molar-refractivity contribution in [2.24, 2.45) is 0 Å². The van der Waals surface area contributed by atoms with Gasteiger partial charge in [0.05, 0.1) is 0 Å². The maximum Gasteiger partial charge on any atom is 0.263 e. The lowest BCUT2D eigenvalue weighted by atomic mass is 10.0. The Morgan fingerprint density at radius 3 is 2.83 bits per heavy atom. The second kappa shape index (κ2) is 7.05. The summed E-state index contributed by atoms with van der Waals surface area (Å²) in [7, 11) is 0. The minimum Gasteiger partial charge on any atom is -0.373 e. The van der Waals surface area contributed by atoms with Crippen LogP contribution in [-0.4, -0.2) is 29.4 Å². The highest BCUT2D eigenvalue weighted by molar-refractivity contribution is 5.97. The summed E-state index contributed by atoms with van der Waals surface area (Å²) < 4.78 is 0.